The summed E-state index contributed by atoms with van der Waals surface area (Å²) in [6.07, 6.45) is 1.81. The van der Waals surface area contributed by atoms with E-state index in [-0.39, 0.29) is 0 Å². The number of hydrogen-bond acceptors (Lipinski definition) is 3. The van der Waals surface area contributed by atoms with Gasteiger partial charge in [-0.15, -0.1) is 0 Å². The molecular weight excluding hydrogens is 358 g/mol. The minimum atomic E-state index is 0.617. The van der Waals surface area contributed by atoms with Crippen molar-refractivity contribution in [2.75, 3.05) is 5.43 Å². The number of benzene rings is 2. The standard InChI is InChI=1S/C21H20ClN5/c1-13-8-9-17(11-18(13)22)27-14(2)10-16(15(27)3)12-23-26-21-24-19-6-4-5-7-20(19)25-21/h4-12H,1-3H3,(H2,24,25,26)/b23-12-. The van der Waals surface area contributed by atoms with Crippen molar-refractivity contribution in [2.45, 2.75) is 20.8 Å². The summed E-state index contributed by atoms with van der Waals surface area (Å²) in [6.45, 7) is 6.15. The van der Waals surface area contributed by atoms with Crippen LogP contribution < -0.4 is 5.43 Å². The molecule has 0 radical (unpaired) electrons. The summed E-state index contributed by atoms with van der Waals surface area (Å²) in [7, 11) is 0. The Morgan fingerprint density at radius 3 is 2.70 bits per heavy atom. The molecule has 0 aliphatic carbocycles. The van der Waals surface area contributed by atoms with Crippen LogP contribution >= 0.6 is 11.6 Å². The van der Waals surface area contributed by atoms with Crippen molar-refractivity contribution in [1.29, 1.82) is 0 Å². The lowest BCUT2D eigenvalue weighted by molar-refractivity contribution is 0.964. The van der Waals surface area contributed by atoms with Gasteiger partial charge in [-0.25, -0.2) is 10.4 Å². The Balaban J connectivity index is 1.59. The third-order valence-corrected chi connectivity index (χ3v) is 5.05. The maximum Gasteiger partial charge on any atom is 0.222 e. The van der Waals surface area contributed by atoms with Gasteiger partial charge in [0.05, 0.1) is 17.2 Å². The fourth-order valence-electron chi connectivity index (χ4n) is 3.21. The number of aromatic nitrogens is 3. The number of para-hydroxylation sites is 2. The number of hydrazone groups is 1. The predicted octanol–water partition coefficient (Wildman–Crippen LogP) is 5.38. The molecule has 4 aromatic rings. The maximum atomic E-state index is 6.30. The minimum Gasteiger partial charge on any atom is -0.323 e. The van der Waals surface area contributed by atoms with E-state index in [1.165, 1.54) is 0 Å². The third kappa shape index (κ3) is 3.34. The number of aromatic amines is 1. The summed E-state index contributed by atoms with van der Waals surface area (Å²) in [4.78, 5) is 7.65. The molecule has 2 aromatic carbocycles. The van der Waals surface area contributed by atoms with Crippen molar-refractivity contribution in [1.82, 2.24) is 14.5 Å². The lowest BCUT2D eigenvalue weighted by Gasteiger charge is -2.11. The summed E-state index contributed by atoms with van der Waals surface area (Å²) in [5.41, 5.74) is 10.2. The van der Waals surface area contributed by atoms with E-state index in [1.807, 2.05) is 49.5 Å². The second-order valence-corrected chi connectivity index (χ2v) is 6.98. The van der Waals surface area contributed by atoms with Crippen LogP contribution in [-0.2, 0) is 0 Å². The average molecular weight is 378 g/mol. The van der Waals surface area contributed by atoms with Crippen molar-refractivity contribution >= 4 is 34.8 Å². The molecule has 0 aliphatic rings. The van der Waals surface area contributed by atoms with Crippen LogP contribution in [0.3, 0.4) is 0 Å². The van der Waals surface area contributed by atoms with Crippen molar-refractivity contribution < 1.29 is 0 Å². The van der Waals surface area contributed by atoms with Gasteiger partial charge in [-0.3, -0.25) is 0 Å². The van der Waals surface area contributed by atoms with Gasteiger partial charge in [0.25, 0.3) is 0 Å². The number of hydrogen-bond donors (Lipinski definition) is 2. The van der Waals surface area contributed by atoms with Gasteiger partial charge < -0.3 is 9.55 Å². The van der Waals surface area contributed by atoms with Crippen molar-refractivity contribution in [3.63, 3.8) is 0 Å². The highest BCUT2D eigenvalue weighted by atomic mass is 35.5. The summed E-state index contributed by atoms with van der Waals surface area (Å²) >= 11 is 6.30. The summed E-state index contributed by atoms with van der Waals surface area (Å²) in [5.74, 6) is 0.617. The number of nitrogens with zero attached hydrogens (tertiary/aromatic N) is 3. The van der Waals surface area contributed by atoms with Crippen LogP contribution in [-0.4, -0.2) is 20.7 Å². The number of aryl methyl sites for hydroxylation is 2. The first-order valence-electron chi connectivity index (χ1n) is 8.72. The minimum absolute atomic E-state index is 0.617. The van der Waals surface area contributed by atoms with Gasteiger partial charge in [0.2, 0.25) is 5.95 Å². The average Bonchev–Trinajstić information content (AvgIpc) is 3.18. The van der Waals surface area contributed by atoms with Gasteiger partial charge in [-0.1, -0.05) is 29.8 Å². The molecule has 2 aromatic heterocycles. The Kier molecular flexibility index (Phi) is 4.46. The van der Waals surface area contributed by atoms with Crippen LogP contribution in [0.2, 0.25) is 5.02 Å². The molecule has 0 atom stereocenters. The van der Waals surface area contributed by atoms with Crippen molar-refractivity contribution in [3.05, 3.63) is 76.1 Å². The van der Waals surface area contributed by atoms with E-state index in [1.54, 1.807) is 0 Å². The first-order chi connectivity index (χ1) is 13.0. The van der Waals surface area contributed by atoms with Crippen LogP contribution in [0.4, 0.5) is 5.95 Å². The van der Waals surface area contributed by atoms with E-state index in [0.717, 1.165) is 44.3 Å². The van der Waals surface area contributed by atoms with E-state index < -0.39 is 0 Å². The Labute approximate surface area is 162 Å². The molecule has 0 saturated heterocycles. The number of anilines is 1. The number of fused-ring (bicyclic) bond motifs is 1. The van der Waals surface area contributed by atoms with E-state index in [9.17, 15) is 0 Å². The molecular formula is C21H20ClN5. The number of imidazole rings is 1. The molecule has 2 heterocycles. The predicted molar refractivity (Wildman–Crippen MR) is 112 cm³/mol. The van der Waals surface area contributed by atoms with Crippen LogP contribution in [0.15, 0.2) is 53.6 Å². The maximum absolute atomic E-state index is 6.30. The van der Waals surface area contributed by atoms with Gasteiger partial charge >= 0.3 is 0 Å². The van der Waals surface area contributed by atoms with Crippen LogP contribution in [0.1, 0.15) is 22.5 Å². The zero-order chi connectivity index (χ0) is 19.0. The highest BCUT2D eigenvalue weighted by molar-refractivity contribution is 6.31. The Morgan fingerprint density at radius 2 is 1.93 bits per heavy atom. The fourth-order valence-corrected chi connectivity index (χ4v) is 3.38. The quantitative estimate of drug-likeness (QED) is 0.370. The SMILES string of the molecule is Cc1ccc(-n2c(C)cc(/C=N\Nc3nc4ccccc4[nH]3)c2C)cc1Cl. The topological polar surface area (TPSA) is 58.0 Å². The van der Waals surface area contributed by atoms with E-state index in [0.29, 0.717) is 5.95 Å². The van der Waals surface area contributed by atoms with Crippen LogP contribution in [0.25, 0.3) is 16.7 Å². The highest BCUT2D eigenvalue weighted by Gasteiger charge is 2.10. The zero-order valence-electron chi connectivity index (χ0n) is 15.4. The molecule has 0 aliphatic heterocycles. The number of nitrogens with one attached hydrogen (secondary N) is 2. The Hall–Kier alpha value is -3.05. The highest BCUT2D eigenvalue weighted by Crippen LogP contribution is 2.24. The normalized spacial score (nSPS) is 11.6. The largest absolute Gasteiger partial charge is 0.323 e. The molecule has 0 spiro atoms. The molecule has 6 heteroatoms. The smallest absolute Gasteiger partial charge is 0.222 e. The number of halogens is 1. The molecule has 0 unspecified atom stereocenters. The Morgan fingerprint density at radius 1 is 1.11 bits per heavy atom. The van der Waals surface area contributed by atoms with Crippen LogP contribution in [0.5, 0.6) is 0 Å². The van der Waals surface area contributed by atoms with Crippen molar-refractivity contribution in [3.8, 4) is 5.69 Å². The molecule has 5 nitrogen and oxygen atoms in total. The summed E-state index contributed by atoms with van der Waals surface area (Å²) < 4.78 is 2.17. The molecule has 136 valence electrons. The van der Waals surface area contributed by atoms with Gasteiger partial charge in [0.15, 0.2) is 0 Å². The molecule has 2 N–H and O–H groups in total. The lowest BCUT2D eigenvalue weighted by Crippen LogP contribution is -2.00. The number of H-pyrrole nitrogens is 1. The second kappa shape index (κ2) is 6.93. The lowest BCUT2D eigenvalue weighted by atomic mass is 10.2. The molecule has 27 heavy (non-hydrogen) atoms. The van der Waals surface area contributed by atoms with E-state index in [2.05, 4.69) is 51.0 Å². The second-order valence-electron chi connectivity index (χ2n) is 6.57. The molecule has 0 amide bonds. The molecule has 0 saturated carbocycles. The first-order valence-corrected chi connectivity index (χ1v) is 9.10. The Bertz CT molecular complexity index is 1120. The summed E-state index contributed by atoms with van der Waals surface area (Å²) in [6, 6.07) is 16.1. The molecule has 4 rings (SSSR count). The van der Waals surface area contributed by atoms with E-state index in [4.69, 9.17) is 11.6 Å². The van der Waals surface area contributed by atoms with E-state index >= 15 is 0 Å². The summed E-state index contributed by atoms with van der Waals surface area (Å²) in [5, 5.41) is 5.11. The van der Waals surface area contributed by atoms with Gasteiger partial charge in [-0.2, -0.15) is 5.10 Å². The van der Waals surface area contributed by atoms with Gasteiger partial charge in [0, 0.05) is 27.7 Å². The molecule has 0 fully saturated rings. The monoisotopic (exact) mass is 377 g/mol. The van der Waals surface area contributed by atoms with Gasteiger partial charge in [-0.05, 0) is 56.7 Å². The van der Waals surface area contributed by atoms with Crippen molar-refractivity contribution in [2.24, 2.45) is 5.10 Å². The first kappa shape index (κ1) is 17.4. The number of rotatable bonds is 4. The molecule has 0 bridgehead atoms. The fraction of sp³-hybridized carbons (Fsp3) is 0.143. The third-order valence-electron chi connectivity index (χ3n) is 4.65. The van der Waals surface area contributed by atoms with Crippen LogP contribution in [0, 0.1) is 20.8 Å². The van der Waals surface area contributed by atoms with Gasteiger partial charge in [0.1, 0.15) is 0 Å². The zero-order valence-corrected chi connectivity index (χ0v) is 16.2.